The van der Waals surface area contributed by atoms with Crippen molar-refractivity contribution in [2.75, 3.05) is 12.8 Å². The fourth-order valence-corrected chi connectivity index (χ4v) is 2.01. The lowest BCUT2D eigenvalue weighted by Gasteiger charge is -2.16. The lowest BCUT2D eigenvalue weighted by Crippen LogP contribution is -2.21. The van der Waals surface area contributed by atoms with Crippen molar-refractivity contribution in [2.24, 2.45) is 0 Å². The Morgan fingerprint density at radius 2 is 2.33 bits per heavy atom. The Morgan fingerprint density at radius 3 is 2.94 bits per heavy atom. The number of nitrogens with zero attached hydrogens (tertiary/aromatic N) is 2. The van der Waals surface area contributed by atoms with Gasteiger partial charge in [0.2, 0.25) is 5.95 Å². The molecule has 0 radical (unpaired) electrons. The zero-order valence-corrected chi connectivity index (χ0v) is 10.2. The molecule has 2 rings (SSSR count). The summed E-state index contributed by atoms with van der Waals surface area (Å²) < 4.78 is 19.4. The van der Waals surface area contributed by atoms with E-state index >= 15 is 0 Å². The Balaban J connectivity index is 2.62. The first-order chi connectivity index (χ1) is 8.58. The fourth-order valence-electron chi connectivity index (χ4n) is 2.01. The van der Waals surface area contributed by atoms with Crippen molar-refractivity contribution >= 4 is 23.0 Å². The fraction of sp³-hybridized carbons (Fsp3) is 0.333. The van der Waals surface area contributed by atoms with Gasteiger partial charge < -0.3 is 10.5 Å². The zero-order chi connectivity index (χ0) is 13.3. The van der Waals surface area contributed by atoms with Gasteiger partial charge in [0.05, 0.1) is 18.1 Å². The Labute approximate surface area is 103 Å². The maximum absolute atomic E-state index is 13.1. The van der Waals surface area contributed by atoms with Gasteiger partial charge in [0.15, 0.2) is 0 Å². The van der Waals surface area contributed by atoms with Crippen LogP contribution in [-0.4, -0.2) is 22.6 Å². The Kier molecular flexibility index (Phi) is 3.18. The molecule has 1 aromatic heterocycles. The van der Waals surface area contributed by atoms with Gasteiger partial charge in [-0.05, 0) is 18.6 Å². The number of esters is 1. The number of carbonyl (C=O) groups excluding carboxylic acids is 1. The summed E-state index contributed by atoms with van der Waals surface area (Å²) in [5.41, 5.74) is 6.84. The first-order valence-corrected chi connectivity index (χ1v) is 5.59. The molecule has 96 valence electrons. The molecule has 0 amide bonds. The topological polar surface area (TPSA) is 70.1 Å². The van der Waals surface area contributed by atoms with E-state index in [1.165, 1.54) is 19.2 Å². The average Bonchev–Trinajstić information content (AvgIpc) is 2.66. The number of fused-ring (bicyclic) bond motifs is 1. The standard InChI is InChI=1S/C12H14FN3O2/c1-3-9(11(17)18-2)16-10-5-4-7(13)6-8(10)15-12(16)14/h4-6,9H,3H2,1-2H3,(H2,14,15). The summed E-state index contributed by atoms with van der Waals surface area (Å²) in [6.45, 7) is 1.84. The molecular weight excluding hydrogens is 237 g/mol. The van der Waals surface area contributed by atoms with Crippen molar-refractivity contribution in [1.82, 2.24) is 9.55 Å². The number of methoxy groups -OCH3 is 1. The van der Waals surface area contributed by atoms with Crippen LogP contribution in [0.1, 0.15) is 19.4 Å². The van der Waals surface area contributed by atoms with Gasteiger partial charge in [0.25, 0.3) is 0 Å². The van der Waals surface area contributed by atoms with Crippen LogP contribution < -0.4 is 5.73 Å². The predicted molar refractivity (Wildman–Crippen MR) is 65.4 cm³/mol. The molecule has 6 heteroatoms. The number of anilines is 1. The van der Waals surface area contributed by atoms with Crippen LogP contribution in [0, 0.1) is 5.82 Å². The Morgan fingerprint density at radius 1 is 1.61 bits per heavy atom. The first-order valence-electron chi connectivity index (χ1n) is 5.59. The molecule has 0 fully saturated rings. The van der Waals surface area contributed by atoms with Crippen LogP contribution in [0.15, 0.2) is 18.2 Å². The van der Waals surface area contributed by atoms with Gasteiger partial charge in [0, 0.05) is 6.07 Å². The Hall–Kier alpha value is -2.11. The van der Waals surface area contributed by atoms with E-state index in [-0.39, 0.29) is 5.95 Å². The molecule has 0 saturated heterocycles. The molecule has 18 heavy (non-hydrogen) atoms. The van der Waals surface area contributed by atoms with Gasteiger partial charge in [-0.2, -0.15) is 0 Å². The van der Waals surface area contributed by atoms with E-state index in [0.717, 1.165) is 0 Å². The van der Waals surface area contributed by atoms with Crippen molar-refractivity contribution < 1.29 is 13.9 Å². The highest BCUT2D eigenvalue weighted by Gasteiger charge is 2.23. The molecule has 0 bridgehead atoms. The van der Waals surface area contributed by atoms with E-state index in [0.29, 0.717) is 17.5 Å². The molecule has 2 aromatic rings. The Bertz CT molecular complexity index is 594. The highest BCUT2D eigenvalue weighted by Crippen LogP contribution is 2.26. The van der Waals surface area contributed by atoms with Crippen molar-refractivity contribution in [3.8, 4) is 0 Å². The number of benzene rings is 1. The van der Waals surface area contributed by atoms with E-state index in [1.807, 2.05) is 6.92 Å². The molecule has 1 heterocycles. The molecule has 1 unspecified atom stereocenters. The number of nitrogen functional groups attached to an aromatic ring is 1. The highest BCUT2D eigenvalue weighted by molar-refractivity contribution is 5.83. The third-order valence-corrected chi connectivity index (χ3v) is 2.85. The smallest absolute Gasteiger partial charge is 0.328 e. The van der Waals surface area contributed by atoms with Gasteiger partial charge in [0.1, 0.15) is 11.9 Å². The van der Waals surface area contributed by atoms with Gasteiger partial charge >= 0.3 is 5.97 Å². The maximum Gasteiger partial charge on any atom is 0.328 e. The summed E-state index contributed by atoms with van der Waals surface area (Å²) in [5.74, 6) is -0.612. The monoisotopic (exact) mass is 251 g/mol. The van der Waals surface area contributed by atoms with Gasteiger partial charge in [-0.3, -0.25) is 4.57 Å². The summed E-state index contributed by atoms with van der Waals surface area (Å²) in [6.07, 6.45) is 0.514. The van der Waals surface area contributed by atoms with Crippen LogP contribution in [0.25, 0.3) is 11.0 Å². The molecule has 0 saturated carbocycles. The minimum absolute atomic E-state index is 0.174. The van der Waals surface area contributed by atoms with Crippen LogP contribution in [0.2, 0.25) is 0 Å². The molecule has 0 aliphatic heterocycles. The number of halogens is 1. The van der Waals surface area contributed by atoms with Crippen molar-refractivity contribution in [1.29, 1.82) is 0 Å². The minimum Gasteiger partial charge on any atom is -0.467 e. The summed E-state index contributed by atoms with van der Waals surface area (Å²) in [6, 6.07) is 3.60. The average molecular weight is 251 g/mol. The third-order valence-electron chi connectivity index (χ3n) is 2.85. The molecule has 0 aliphatic rings. The van der Waals surface area contributed by atoms with Crippen LogP contribution in [-0.2, 0) is 9.53 Å². The van der Waals surface area contributed by atoms with Crippen LogP contribution >= 0.6 is 0 Å². The third kappa shape index (κ3) is 1.90. The van der Waals surface area contributed by atoms with Crippen molar-refractivity contribution in [3.05, 3.63) is 24.0 Å². The lowest BCUT2D eigenvalue weighted by molar-refractivity contribution is -0.144. The molecule has 0 aliphatic carbocycles. The zero-order valence-electron chi connectivity index (χ0n) is 10.2. The number of hydrogen-bond acceptors (Lipinski definition) is 4. The summed E-state index contributed by atoms with van der Waals surface area (Å²) >= 11 is 0. The van der Waals surface area contributed by atoms with Crippen LogP contribution in [0.3, 0.4) is 0 Å². The molecule has 2 N–H and O–H groups in total. The normalized spacial score (nSPS) is 12.6. The number of carbonyl (C=O) groups is 1. The van der Waals surface area contributed by atoms with Crippen LogP contribution in [0.5, 0.6) is 0 Å². The van der Waals surface area contributed by atoms with Gasteiger partial charge in [-0.25, -0.2) is 14.2 Å². The molecule has 5 nitrogen and oxygen atoms in total. The predicted octanol–water partition coefficient (Wildman–Crippen LogP) is 1.88. The van der Waals surface area contributed by atoms with Crippen molar-refractivity contribution in [2.45, 2.75) is 19.4 Å². The second kappa shape index (κ2) is 4.64. The van der Waals surface area contributed by atoms with E-state index < -0.39 is 17.8 Å². The molecule has 1 aromatic carbocycles. The summed E-state index contributed by atoms with van der Waals surface area (Å²) in [7, 11) is 1.32. The summed E-state index contributed by atoms with van der Waals surface area (Å²) in [4.78, 5) is 15.8. The van der Waals surface area contributed by atoms with Gasteiger partial charge in [-0.1, -0.05) is 6.92 Å². The molecular formula is C12H14FN3O2. The number of rotatable bonds is 3. The number of hydrogen-bond donors (Lipinski definition) is 1. The van der Waals surface area contributed by atoms with E-state index in [1.54, 1.807) is 10.6 Å². The largest absolute Gasteiger partial charge is 0.467 e. The number of imidazole rings is 1. The number of ether oxygens (including phenoxy) is 1. The summed E-state index contributed by atoms with van der Waals surface area (Å²) in [5, 5.41) is 0. The van der Waals surface area contributed by atoms with E-state index in [9.17, 15) is 9.18 Å². The SMILES string of the molecule is CCC(C(=O)OC)n1c(N)nc2cc(F)ccc21. The maximum atomic E-state index is 13.1. The lowest BCUT2D eigenvalue weighted by atomic mass is 10.2. The quantitative estimate of drug-likeness (QED) is 0.845. The first kappa shape index (κ1) is 12.3. The van der Waals surface area contributed by atoms with Gasteiger partial charge in [-0.15, -0.1) is 0 Å². The minimum atomic E-state index is -0.550. The number of aromatic nitrogens is 2. The molecule has 1 atom stereocenters. The van der Waals surface area contributed by atoms with E-state index in [4.69, 9.17) is 10.5 Å². The second-order valence-electron chi connectivity index (χ2n) is 3.92. The number of nitrogens with two attached hydrogens (primary N) is 1. The molecule has 0 spiro atoms. The van der Waals surface area contributed by atoms with Crippen LogP contribution in [0.4, 0.5) is 10.3 Å². The van der Waals surface area contributed by atoms with Crippen molar-refractivity contribution in [3.63, 3.8) is 0 Å². The van der Waals surface area contributed by atoms with E-state index in [2.05, 4.69) is 4.98 Å². The highest BCUT2D eigenvalue weighted by atomic mass is 19.1. The second-order valence-corrected chi connectivity index (χ2v) is 3.92.